The number of nitrogens with one attached hydrogen (secondary N) is 1. The first kappa shape index (κ1) is 12.6. The van der Waals surface area contributed by atoms with E-state index >= 15 is 0 Å². The molecule has 1 aromatic carbocycles. The molecule has 0 spiro atoms. The average molecular weight is 267 g/mol. The Kier molecular flexibility index (Phi) is 3.10. The average Bonchev–Trinajstić information content (AvgIpc) is 2.78. The van der Waals surface area contributed by atoms with Gasteiger partial charge < -0.3 is 5.32 Å². The fourth-order valence-corrected chi connectivity index (χ4v) is 2.19. The Balaban J connectivity index is 2.29. The van der Waals surface area contributed by atoms with Crippen molar-refractivity contribution >= 4 is 16.9 Å². The van der Waals surface area contributed by atoms with Gasteiger partial charge >= 0.3 is 0 Å². The highest BCUT2D eigenvalue weighted by Crippen LogP contribution is 2.22. The second kappa shape index (κ2) is 4.92. The number of hydrogen-bond acceptors (Lipinski definition) is 4. The van der Waals surface area contributed by atoms with E-state index < -0.39 is 0 Å². The van der Waals surface area contributed by atoms with Crippen LogP contribution in [0.3, 0.4) is 0 Å². The lowest BCUT2D eigenvalue weighted by molar-refractivity contribution is 0.949. The lowest BCUT2D eigenvalue weighted by atomic mass is 10.2. The van der Waals surface area contributed by atoms with E-state index in [-0.39, 0.29) is 0 Å². The van der Waals surface area contributed by atoms with Crippen molar-refractivity contribution in [2.45, 2.75) is 20.8 Å². The molecular weight excluding hydrogens is 250 g/mol. The van der Waals surface area contributed by atoms with Gasteiger partial charge in [-0.05, 0) is 32.9 Å². The van der Waals surface area contributed by atoms with Gasteiger partial charge in [0.25, 0.3) is 0 Å². The smallest absolute Gasteiger partial charge is 0.225 e. The molecule has 0 radical (unpaired) electrons. The molecule has 20 heavy (non-hydrogen) atoms. The van der Waals surface area contributed by atoms with Crippen LogP contribution < -0.4 is 5.32 Å². The molecular formula is C15H17N5. The Labute approximate surface area is 117 Å². The van der Waals surface area contributed by atoms with E-state index in [9.17, 15) is 0 Å². The third kappa shape index (κ3) is 2.01. The van der Waals surface area contributed by atoms with E-state index in [2.05, 4.69) is 20.3 Å². The number of benzene rings is 1. The van der Waals surface area contributed by atoms with Gasteiger partial charge in [0.05, 0.1) is 11.2 Å². The van der Waals surface area contributed by atoms with Crippen LogP contribution in [0.15, 0.2) is 30.6 Å². The molecule has 0 aliphatic carbocycles. The third-order valence-electron chi connectivity index (χ3n) is 3.40. The van der Waals surface area contributed by atoms with Crippen molar-refractivity contribution in [3.05, 3.63) is 42.0 Å². The summed E-state index contributed by atoms with van der Waals surface area (Å²) in [6, 6.07) is 8.03. The zero-order valence-electron chi connectivity index (χ0n) is 11.9. The molecule has 5 heteroatoms. The molecule has 0 unspecified atom stereocenters. The van der Waals surface area contributed by atoms with Crippen LogP contribution in [0.5, 0.6) is 0 Å². The molecule has 2 aromatic heterocycles. The van der Waals surface area contributed by atoms with E-state index in [1.165, 1.54) is 0 Å². The predicted octanol–water partition coefficient (Wildman–Crippen LogP) is 2.86. The van der Waals surface area contributed by atoms with Crippen molar-refractivity contribution in [1.29, 1.82) is 0 Å². The van der Waals surface area contributed by atoms with Gasteiger partial charge in [-0.2, -0.15) is 4.98 Å². The van der Waals surface area contributed by atoms with Gasteiger partial charge in [-0.3, -0.25) is 4.57 Å². The van der Waals surface area contributed by atoms with Crippen molar-refractivity contribution in [3.63, 3.8) is 0 Å². The van der Waals surface area contributed by atoms with Gasteiger partial charge in [-0.25, -0.2) is 9.97 Å². The highest BCUT2D eigenvalue weighted by molar-refractivity contribution is 5.86. The summed E-state index contributed by atoms with van der Waals surface area (Å²) in [6.45, 7) is 6.87. The largest absolute Gasteiger partial charge is 0.354 e. The predicted molar refractivity (Wildman–Crippen MR) is 80.3 cm³/mol. The highest BCUT2D eigenvalue weighted by Gasteiger charge is 2.12. The topological polar surface area (TPSA) is 55.6 Å². The molecule has 0 atom stereocenters. The molecule has 1 N–H and O–H groups in total. The van der Waals surface area contributed by atoms with Crippen LogP contribution in [0.25, 0.3) is 16.7 Å². The number of para-hydroxylation sites is 1. The zero-order valence-corrected chi connectivity index (χ0v) is 11.9. The van der Waals surface area contributed by atoms with E-state index in [1.54, 1.807) is 0 Å². The summed E-state index contributed by atoms with van der Waals surface area (Å²) in [7, 11) is 0. The van der Waals surface area contributed by atoms with Gasteiger partial charge in [0, 0.05) is 17.6 Å². The van der Waals surface area contributed by atoms with Crippen molar-refractivity contribution < 1.29 is 0 Å². The van der Waals surface area contributed by atoms with Gasteiger partial charge in [0.2, 0.25) is 5.95 Å². The van der Waals surface area contributed by atoms with Crippen LogP contribution >= 0.6 is 0 Å². The van der Waals surface area contributed by atoms with Crippen molar-refractivity contribution in [2.24, 2.45) is 0 Å². The number of hydrogen-bond donors (Lipinski definition) is 1. The molecule has 0 amide bonds. The van der Waals surface area contributed by atoms with Gasteiger partial charge in [0.15, 0.2) is 5.82 Å². The number of aromatic nitrogens is 4. The molecule has 0 aliphatic heterocycles. The first-order valence-electron chi connectivity index (χ1n) is 6.72. The van der Waals surface area contributed by atoms with E-state index in [1.807, 2.05) is 55.9 Å². The summed E-state index contributed by atoms with van der Waals surface area (Å²) < 4.78 is 2.01. The SMILES string of the molecule is CCNc1nc(-n2cnc(C)c2C)c2ccccc2n1. The summed E-state index contributed by atoms with van der Waals surface area (Å²) in [5.41, 5.74) is 3.04. The minimum atomic E-state index is 0.645. The lowest BCUT2D eigenvalue weighted by Gasteiger charge is -2.11. The summed E-state index contributed by atoms with van der Waals surface area (Å²) in [6.07, 6.45) is 1.81. The maximum atomic E-state index is 4.64. The van der Waals surface area contributed by atoms with Crippen LogP contribution in [0.2, 0.25) is 0 Å². The number of anilines is 1. The fourth-order valence-electron chi connectivity index (χ4n) is 2.19. The Morgan fingerprint density at radius 1 is 1.15 bits per heavy atom. The Bertz CT molecular complexity index is 760. The minimum Gasteiger partial charge on any atom is -0.354 e. The Morgan fingerprint density at radius 3 is 2.65 bits per heavy atom. The van der Waals surface area contributed by atoms with E-state index in [0.29, 0.717) is 5.95 Å². The normalized spacial score (nSPS) is 10.9. The van der Waals surface area contributed by atoms with E-state index in [4.69, 9.17) is 0 Å². The summed E-state index contributed by atoms with van der Waals surface area (Å²) in [4.78, 5) is 13.5. The summed E-state index contributed by atoms with van der Waals surface area (Å²) in [5.74, 6) is 1.51. The maximum absolute atomic E-state index is 4.64. The second-order valence-electron chi connectivity index (χ2n) is 4.70. The van der Waals surface area contributed by atoms with Crippen molar-refractivity contribution in [1.82, 2.24) is 19.5 Å². The van der Waals surface area contributed by atoms with Crippen LogP contribution in [0.1, 0.15) is 18.3 Å². The molecule has 0 saturated heterocycles. The van der Waals surface area contributed by atoms with Crippen LogP contribution in [0.4, 0.5) is 5.95 Å². The number of nitrogens with zero attached hydrogens (tertiary/aromatic N) is 4. The molecule has 2 heterocycles. The first-order valence-corrected chi connectivity index (χ1v) is 6.72. The quantitative estimate of drug-likeness (QED) is 0.792. The number of aryl methyl sites for hydroxylation is 1. The number of rotatable bonds is 3. The van der Waals surface area contributed by atoms with Crippen LogP contribution in [0, 0.1) is 13.8 Å². The molecule has 3 rings (SSSR count). The summed E-state index contributed by atoms with van der Waals surface area (Å²) in [5, 5.41) is 4.20. The van der Waals surface area contributed by atoms with Crippen LogP contribution in [-0.4, -0.2) is 26.1 Å². The Hall–Kier alpha value is -2.43. The first-order chi connectivity index (χ1) is 9.70. The number of imidazole rings is 1. The van der Waals surface area contributed by atoms with Gasteiger partial charge in [0.1, 0.15) is 6.33 Å². The maximum Gasteiger partial charge on any atom is 0.225 e. The molecule has 3 aromatic rings. The molecule has 0 saturated carbocycles. The zero-order chi connectivity index (χ0) is 14.1. The van der Waals surface area contributed by atoms with Crippen molar-refractivity contribution in [2.75, 3.05) is 11.9 Å². The minimum absolute atomic E-state index is 0.645. The fraction of sp³-hybridized carbons (Fsp3) is 0.267. The molecule has 102 valence electrons. The van der Waals surface area contributed by atoms with E-state index in [0.717, 1.165) is 34.7 Å². The Morgan fingerprint density at radius 2 is 1.95 bits per heavy atom. The van der Waals surface area contributed by atoms with Crippen molar-refractivity contribution in [3.8, 4) is 5.82 Å². The molecule has 0 aliphatic rings. The third-order valence-corrected chi connectivity index (χ3v) is 3.40. The van der Waals surface area contributed by atoms with Crippen LogP contribution in [-0.2, 0) is 0 Å². The second-order valence-corrected chi connectivity index (χ2v) is 4.70. The number of fused-ring (bicyclic) bond motifs is 1. The molecule has 0 bridgehead atoms. The highest BCUT2D eigenvalue weighted by atomic mass is 15.2. The molecule has 0 fully saturated rings. The lowest BCUT2D eigenvalue weighted by Crippen LogP contribution is -2.07. The van der Waals surface area contributed by atoms with Gasteiger partial charge in [-0.15, -0.1) is 0 Å². The monoisotopic (exact) mass is 267 g/mol. The summed E-state index contributed by atoms with van der Waals surface area (Å²) >= 11 is 0. The van der Waals surface area contributed by atoms with Gasteiger partial charge in [-0.1, -0.05) is 12.1 Å². The molecule has 5 nitrogen and oxygen atoms in total. The standard InChI is InChI=1S/C15H17N5/c1-4-16-15-18-13-8-6-5-7-12(13)14(19-15)20-9-17-10(2)11(20)3/h5-9H,4H2,1-3H3,(H,16,18,19).